The molecule has 0 saturated carbocycles. The summed E-state index contributed by atoms with van der Waals surface area (Å²) < 4.78 is 92.8. The molecule has 1 aromatic heterocycles. The zero-order valence-corrected chi connectivity index (χ0v) is 21.2. The summed E-state index contributed by atoms with van der Waals surface area (Å²) in [7, 11) is 1.49. The predicted molar refractivity (Wildman–Crippen MR) is 129 cm³/mol. The van der Waals surface area contributed by atoms with Crippen molar-refractivity contribution in [1.82, 2.24) is 20.1 Å². The number of aromatic amines is 1. The Labute approximate surface area is 220 Å². The first kappa shape index (κ1) is 28.8. The van der Waals surface area contributed by atoms with Gasteiger partial charge in [-0.05, 0) is 49.1 Å². The Hall–Kier alpha value is -3.16. The van der Waals surface area contributed by atoms with Gasteiger partial charge in [-0.1, -0.05) is 30.3 Å². The molecule has 0 aliphatic carbocycles. The van der Waals surface area contributed by atoms with Crippen molar-refractivity contribution in [3.05, 3.63) is 87.1 Å². The van der Waals surface area contributed by atoms with E-state index in [4.69, 9.17) is 9.47 Å². The van der Waals surface area contributed by atoms with E-state index in [2.05, 4.69) is 15.5 Å². The first-order valence-corrected chi connectivity index (χ1v) is 12.2. The fourth-order valence-electron chi connectivity index (χ4n) is 4.87. The SMILES string of the molecule is COCc1n[nH]c(=O)n1[C@H]1CC[C@@](CO[C@H](C)c2cc(C(F)(F)F)cc(C(F)(F)F)c2)(c2ccccc2)NC1. The molecule has 212 valence electrons. The Kier molecular flexibility index (Phi) is 8.24. The topological polar surface area (TPSA) is 81.2 Å². The summed E-state index contributed by atoms with van der Waals surface area (Å²) >= 11 is 0. The quantitative estimate of drug-likeness (QED) is 0.365. The van der Waals surface area contributed by atoms with Crippen LogP contribution < -0.4 is 11.0 Å². The molecule has 1 fully saturated rings. The Morgan fingerprint density at radius 3 is 2.26 bits per heavy atom. The molecule has 3 atom stereocenters. The number of rotatable bonds is 8. The van der Waals surface area contributed by atoms with Crippen molar-refractivity contribution in [3.8, 4) is 0 Å². The van der Waals surface area contributed by atoms with Crippen LogP contribution in [0.2, 0.25) is 0 Å². The standard InChI is InChI=1S/C26H28F6N4O3/c1-16(17-10-19(25(27,28)29)12-20(11-17)26(30,31)32)39-15-24(18-6-4-3-5-7-18)9-8-21(13-33-24)36-22(14-38-2)34-35-23(36)37/h3-7,10-12,16,21,33H,8-9,13-15H2,1-2H3,(H,35,37)/t16-,21+,24-/m1/s1. The van der Waals surface area contributed by atoms with E-state index in [1.54, 1.807) is 0 Å². The van der Waals surface area contributed by atoms with E-state index in [-0.39, 0.29) is 36.6 Å². The van der Waals surface area contributed by atoms with E-state index in [1.165, 1.54) is 18.6 Å². The summed E-state index contributed by atoms with van der Waals surface area (Å²) in [4.78, 5) is 12.4. The molecule has 1 aliphatic heterocycles. The zero-order valence-electron chi connectivity index (χ0n) is 21.2. The van der Waals surface area contributed by atoms with Gasteiger partial charge in [0.1, 0.15) is 6.61 Å². The van der Waals surface area contributed by atoms with E-state index < -0.39 is 35.1 Å². The molecule has 1 saturated heterocycles. The van der Waals surface area contributed by atoms with Crippen LogP contribution in [0.3, 0.4) is 0 Å². The molecule has 2 N–H and O–H groups in total. The number of alkyl halides is 6. The third-order valence-electron chi connectivity index (χ3n) is 6.98. The minimum atomic E-state index is -4.95. The van der Waals surface area contributed by atoms with Crippen molar-refractivity contribution in [2.75, 3.05) is 20.3 Å². The van der Waals surface area contributed by atoms with Gasteiger partial charge in [0.15, 0.2) is 5.82 Å². The number of piperidine rings is 1. The van der Waals surface area contributed by atoms with E-state index in [0.29, 0.717) is 37.3 Å². The summed E-state index contributed by atoms with van der Waals surface area (Å²) in [6.45, 7) is 1.86. The fourth-order valence-corrected chi connectivity index (χ4v) is 4.87. The Morgan fingerprint density at radius 1 is 1.08 bits per heavy atom. The van der Waals surface area contributed by atoms with Gasteiger partial charge in [0.25, 0.3) is 0 Å². The summed E-state index contributed by atoms with van der Waals surface area (Å²) in [6, 6.07) is 10.4. The number of hydrogen-bond acceptors (Lipinski definition) is 5. The van der Waals surface area contributed by atoms with Gasteiger partial charge in [0, 0.05) is 13.7 Å². The lowest BCUT2D eigenvalue weighted by Crippen LogP contribution is -2.53. The van der Waals surface area contributed by atoms with Crippen LogP contribution in [0.25, 0.3) is 0 Å². The summed E-state index contributed by atoms with van der Waals surface area (Å²) in [5.74, 6) is 0.441. The van der Waals surface area contributed by atoms with Crippen molar-refractivity contribution < 1.29 is 35.8 Å². The molecule has 1 aliphatic rings. The maximum absolute atomic E-state index is 13.4. The van der Waals surface area contributed by atoms with E-state index in [0.717, 1.165) is 5.56 Å². The van der Waals surface area contributed by atoms with Crippen molar-refractivity contribution in [1.29, 1.82) is 0 Å². The molecule has 13 heteroatoms. The maximum Gasteiger partial charge on any atom is 0.416 e. The number of nitrogens with zero attached hydrogens (tertiary/aromatic N) is 2. The summed E-state index contributed by atoms with van der Waals surface area (Å²) in [6.07, 6.45) is -9.98. The highest BCUT2D eigenvalue weighted by Gasteiger charge is 2.40. The van der Waals surface area contributed by atoms with Crippen molar-refractivity contribution in [2.45, 2.75) is 56.4 Å². The molecular formula is C26H28F6N4O3. The van der Waals surface area contributed by atoms with Crippen LogP contribution in [0, 0.1) is 0 Å². The monoisotopic (exact) mass is 558 g/mol. The molecule has 0 radical (unpaired) electrons. The van der Waals surface area contributed by atoms with Crippen LogP contribution in [-0.2, 0) is 34.0 Å². The predicted octanol–water partition coefficient (Wildman–Crippen LogP) is 5.35. The third-order valence-corrected chi connectivity index (χ3v) is 6.98. The zero-order chi connectivity index (χ0) is 28.4. The molecule has 7 nitrogen and oxygen atoms in total. The van der Waals surface area contributed by atoms with E-state index in [1.807, 2.05) is 30.3 Å². The Bertz CT molecular complexity index is 1280. The van der Waals surface area contributed by atoms with Gasteiger partial charge in [-0.2, -0.15) is 31.4 Å². The minimum Gasteiger partial charge on any atom is -0.377 e. The number of halogens is 6. The fraction of sp³-hybridized carbons (Fsp3) is 0.462. The average molecular weight is 559 g/mol. The van der Waals surface area contributed by atoms with Gasteiger partial charge in [0.05, 0.1) is 35.4 Å². The van der Waals surface area contributed by atoms with Gasteiger partial charge >= 0.3 is 18.0 Å². The molecule has 3 aromatic rings. The van der Waals surface area contributed by atoms with Gasteiger partial charge in [0.2, 0.25) is 0 Å². The summed E-state index contributed by atoms with van der Waals surface area (Å²) in [5, 5.41) is 9.86. The first-order valence-electron chi connectivity index (χ1n) is 12.2. The lowest BCUT2D eigenvalue weighted by atomic mass is 9.81. The van der Waals surface area contributed by atoms with Crippen LogP contribution in [0.1, 0.15) is 60.0 Å². The number of H-pyrrole nitrogens is 1. The van der Waals surface area contributed by atoms with Crippen LogP contribution in [0.15, 0.2) is 53.3 Å². The van der Waals surface area contributed by atoms with E-state index in [9.17, 15) is 31.1 Å². The van der Waals surface area contributed by atoms with E-state index >= 15 is 0 Å². The largest absolute Gasteiger partial charge is 0.416 e. The van der Waals surface area contributed by atoms with Crippen LogP contribution in [-0.4, -0.2) is 35.0 Å². The molecule has 2 aromatic carbocycles. The van der Waals surface area contributed by atoms with Crippen molar-refractivity contribution >= 4 is 0 Å². The molecule has 39 heavy (non-hydrogen) atoms. The molecule has 0 spiro atoms. The van der Waals surface area contributed by atoms with Crippen molar-refractivity contribution in [3.63, 3.8) is 0 Å². The number of methoxy groups -OCH3 is 1. The normalized spacial score (nSPS) is 21.2. The van der Waals surface area contributed by atoms with Gasteiger partial charge < -0.3 is 14.8 Å². The second-order valence-corrected chi connectivity index (χ2v) is 9.56. The highest BCUT2D eigenvalue weighted by molar-refractivity contribution is 5.35. The number of aromatic nitrogens is 3. The Morgan fingerprint density at radius 2 is 1.72 bits per heavy atom. The van der Waals surface area contributed by atoms with Gasteiger partial charge in [-0.15, -0.1) is 0 Å². The molecule has 0 amide bonds. The molecule has 0 unspecified atom stereocenters. The number of ether oxygens (including phenoxy) is 2. The minimum absolute atomic E-state index is 0.0340. The second kappa shape index (κ2) is 11.1. The number of benzene rings is 2. The highest BCUT2D eigenvalue weighted by Crippen LogP contribution is 2.39. The number of nitrogens with one attached hydrogen (secondary N) is 2. The third kappa shape index (κ3) is 6.36. The maximum atomic E-state index is 13.4. The molecular weight excluding hydrogens is 530 g/mol. The summed E-state index contributed by atoms with van der Waals surface area (Å²) in [5.41, 5.74) is -3.35. The van der Waals surface area contributed by atoms with Crippen molar-refractivity contribution in [2.24, 2.45) is 0 Å². The van der Waals surface area contributed by atoms with Crippen LogP contribution in [0.4, 0.5) is 26.3 Å². The molecule has 2 heterocycles. The lowest BCUT2D eigenvalue weighted by molar-refractivity contribution is -0.143. The van der Waals surface area contributed by atoms with Gasteiger partial charge in [-0.25, -0.2) is 9.89 Å². The lowest BCUT2D eigenvalue weighted by Gasteiger charge is -2.42. The van der Waals surface area contributed by atoms with Crippen LogP contribution in [0.5, 0.6) is 0 Å². The van der Waals surface area contributed by atoms with Crippen LogP contribution >= 0.6 is 0 Å². The second-order valence-electron chi connectivity index (χ2n) is 9.56. The Balaban J connectivity index is 1.58. The smallest absolute Gasteiger partial charge is 0.377 e. The number of hydrogen-bond donors (Lipinski definition) is 2. The molecule has 4 rings (SSSR count). The average Bonchev–Trinajstić information content (AvgIpc) is 3.26. The highest BCUT2D eigenvalue weighted by atomic mass is 19.4. The van der Waals surface area contributed by atoms with Gasteiger partial charge in [-0.3, -0.25) is 4.57 Å². The first-order chi connectivity index (χ1) is 18.3. The molecule has 0 bridgehead atoms.